The molecule has 1 aliphatic rings. The molecule has 1 saturated carbocycles. The predicted molar refractivity (Wildman–Crippen MR) is 108 cm³/mol. The minimum absolute atomic E-state index is 0.0280. The minimum atomic E-state index is -4.54. The summed E-state index contributed by atoms with van der Waals surface area (Å²) in [5.74, 6) is -0.461. The second-order valence-electron chi connectivity index (χ2n) is 7.46. The lowest BCUT2D eigenvalue weighted by molar-refractivity contribution is -0.137. The van der Waals surface area contributed by atoms with Crippen LogP contribution < -0.4 is 5.32 Å². The van der Waals surface area contributed by atoms with Crippen LogP contribution in [0.4, 0.5) is 18.9 Å². The highest BCUT2D eigenvalue weighted by Gasteiger charge is 2.32. The number of nitrogens with zero attached hydrogens (tertiary/aromatic N) is 6. The maximum atomic E-state index is 13.3. The highest BCUT2D eigenvalue weighted by molar-refractivity contribution is 8.00. The molecule has 0 saturated heterocycles. The van der Waals surface area contributed by atoms with Crippen LogP contribution in [-0.2, 0) is 11.0 Å². The van der Waals surface area contributed by atoms with Crippen LogP contribution in [0.25, 0.3) is 5.69 Å². The smallest absolute Gasteiger partial charge is 0.323 e. The summed E-state index contributed by atoms with van der Waals surface area (Å²) in [4.78, 5) is 12.8. The highest BCUT2D eigenvalue weighted by Crippen LogP contribution is 2.37. The SMILES string of the molecule is Cc1cc(C)n(-c2ccc(C(F)(F)F)cc2NC(=O)C(C)Sc2nnnn2C2CC2)n1. The maximum absolute atomic E-state index is 13.3. The molecule has 1 aromatic carbocycles. The van der Waals surface area contributed by atoms with Crippen LogP contribution in [0.1, 0.15) is 42.8 Å². The van der Waals surface area contributed by atoms with E-state index in [2.05, 4.69) is 25.9 Å². The normalized spacial score (nSPS) is 15.2. The van der Waals surface area contributed by atoms with Gasteiger partial charge in [0.15, 0.2) is 0 Å². The molecule has 1 fully saturated rings. The summed E-state index contributed by atoms with van der Waals surface area (Å²) < 4.78 is 43.1. The Labute approximate surface area is 180 Å². The Bertz CT molecular complexity index is 1120. The molecule has 1 atom stereocenters. The monoisotopic (exact) mass is 451 g/mol. The zero-order valence-corrected chi connectivity index (χ0v) is 17.8. The molecular formula is C19H20F3N7OS. The first-order valence-electron chi connectivity index (χ1n) is 9.64. The molecule has 1 aliphatic carbocycles. The van der Waals surface area contributed by atoms with Gasteiger partial charge in [-0.25, -0.2) is 9.36 Å². The van der Waals surface area contributed by atoms with E-state index < -0.39 is 22.9 Å². The molecule has 0 spiro atoms. The highest BCUT2D eigenvalue weighted by atomic mass is 32.2. The number of thioether (sulfide) groups is 1. The van der Waals surface area contributed by atoms with E-state index in [-0.39, 0.29) is 11.7 Å². The number of halogens is 3. The van der Waals surface area contributed by atoms with Gasteiger partial charge in [0.25, 0.3) is 0 Å². The molecule has 2 heterocycles. The van der Waals surface area contributed by atoms with Gasteiger partial charge in [0, 0.05) is 5.69 Å². The summed E-state index contributed by atoms with van der Waals surface area (Å²) in [6.45, 7) is 5.23. The second kappa shape index (κ2) is 7.98. The second-order valence-corrected chi connectivity index (χ2v) is 8.76. The minimum Gasteiger partial charge on any atom is -0.323 e. The van der Waals surface area contributed by atoms with Gasteiger partial charge in [-0.05, 0) is 68.3 Å². The first kappa shape index (κ1) is 21.3. The standard InChI is InChI=1S/C19H20F3N7OS/c1-10-8-11(2)28(25-10)16-7-4-13(19(20,21)22)9-15(16)23-17(30)12(3)31-18-24-26-27-29(18)14-5-6-14/h4,7-9,12,14H,5-6H2,1-3H3,(H,23,30). The van der Waals surface area contributed by atoms with Crippen LogP contribution in [-0.4, -0.2) is 41.1 Å². The van der Waals surface area contributed by atoms with Crippen LogP contribution >= 0.6 is 11.8 Å². The number of aromatic nitrogens is 6. The Balaban J connectivity index is 1.61. The number of nitrogens with one attached hydrogen (secondary N) is 1. The van der Waals surface area contributed by atoms with Gasteiger partial charge in [0.1, 0.15) is 0 Å². The van der Waals surface area contributed by atoms with Crippen molar-refractivity contribution in [3.8, 4) is 5.69 Å². The fourth-order valence-corrected chi connectivity index (χ4v) is 3.99. The van der Waals surface area contributed by atoms with Gasteiger partial charge in [-0.3, -0.25) is 4.79 Å². The molecule has 1 amide bonds. The number of tetrazole rings is 1. The number of anilines is 1. The molecular weight excluding hydrogens is 431 g/mol. The first-order chi connectivity index (χ1) is 14.6. The largest absolute Gasteiger partial charge is 0.416 e. The van der Waals surface area contributed by atoms with Crippen LogP contribution in [0, 0.1) is 13.8 Å². The molecule has 164 valence electrons. The van der Waals surface area contributed by atoms with E-state index in [0.717, 1.165) is 42.4 Å². The molecule has 1 unspecified atom stereocenters. The van der Waals surface area contributed by atoms with E-state index in [1.165, 1.54) is 10.7 Å². The zero-order chi connectivity index (χ0) is 22.3. The van der Waals surface area contributed by atoms with Gasteiger partial charge in [0.2, 0.25) is 11.1 Å². The van der Waals surface area contributed by atoms with E-state index in [9.17, 15) is 18.0 Å². The van der Waals surface area contributed by atoms with Gasteiger partial charge in [-0.1, -0.05) is 11.8 Å². The number of amides is 1. The molecule has 2 aromatic heterocycles. The van der Waals surface area contributed by atoms with Crippen molar-refractivity contribution in [2.24, 2.45) is 0 Å². The fraction of sp³-hybridized carbons (Fsp3) is 0.421. The molecule has 0 bridgehead atoms. The van der Waals surface area contributed by atoms with Gasteiger partial charge < -0.3 is 5.32 Å². The van der Waals surface area contributed by atoms with Crippen molar-refractivity contribution in [2.75, 3.05) is 5.32 Å². The number of hydrogen-bond acceptors (Lipinski definition) is 6. The molecule has 4 rings (SSSR count). The molecule has 3 aromatic rings. The third-order valence-electron chi connectivity index (χ3n) is 4.83. The molecule has 31 heavy (non-hydrogen) atoms. The Hall–Kier alpha value is -2.89. The summed E-state index contributed by atoms with van der Waals surface area (Å²) in [5.41, 5.74) is 0.975. The Morgan fingerprint density at radius 1 is 1.26 bits per heavy atom. The number of carbonyl (C=O) groups excluding carboxylic acids is 1. The van der Waals surface area contributed by atoms with Crippen LogP contribution in [0.2, 0.25) is 0 Å². The number of aryl methyl sites for hydroxylation is 2. The van der Waals surface area contributed by atoms with Crippen molar-refractivity contribution >= 4 is 23.4 Å². The third-order valence-corrected chi connectivity index (χ3v) is 5.87. The number of hydrogen-bond donors (Lipinski definition) is 1. The topological polar surface area (TPSA) is 90.5 Å². The van der Waals surface area contributed by atoms with E-state index in [4.69, 9.17) is 0 Å². The lowest BCUT2D eigenvalue weighted by Crippen LogP contribution is -2.24. The summed E-state index contributed by atoms with van der Waals surface area (Å²) in [6, 6.07) is 5.26. The van der Waals surface area contributed by atoms with E-state index >= 15 is 0 Å². The van der Waals surface area contributed by atoms with Crippen molar-refractivity contribution in [1.29, 1.82) is 0 Å². The van der Waals surface area contributed by atoms with Crippen LogP contribution in [0.3, 0.4) is 0 Å². The summed E-state index contributed by atoms with van der Waals surface area (Å²) >= 11 is 1.16. The van der Waals surface area contributed by atoms with E-state index in [1.54, 1.807) is 31.5 Å². The molecule has 1 N–H and O–H groups in total. The number of benzene rings is 1. The lowest BCUT2D eigenvalue weighted by Gasteiger charge is -2.17. The lowest BCUT2D eigenvalue weighted by atomic mass is 10.1. The predicted octanol–water partition coefficient (Wildman–Crippen LogP) is 3.95. The van der Waals surface area contributed by atoms with Crippen molar-refractivity contribution in [3.05, 3.63) is 41.2 Å². The van der Waals surface area contributed by atoms with Crippen molar-refractivity contribution in [3.63, 3.8) is 0 Å². The average Bonchev–Trinajstić information content (AvgIpc) is 3.34. The van der Waals surface area contributed by atoms with E-state index in [1.807, 2.05) is 0 Å². The van der Waals surface area contributed by atoms with Crippen molar-refractivity contribution in [2.45, 2.75) is 56.2 Å². The number of alkyl halides is 3. The maximum Gasteiger partial charge on any atom is 0.416 e. The molecule has 12 heteroatoms. The number of carbonyl (C=O) groups is 1. The first-order valence-corrected chi connectivity index (χ1v) is 10.5. The molecule has 8 nitrogen and oxygen atoms in total. The van der Waals surface area contributed by atoms with Crippen LogP contribution in [0.15, 0.2) is 29.4 Å². The van der Waals surface area contributed by atoms with Crippen LogP contribution in [0.5, 0.6) is 0 Å². The molecule has 0 radical (unpaired) electrons. The van der Waals surface area contributed by atoms with Crippen molar-refractivity contribution in [1.82, 2.24) is 30.0 Å². The van der Waals surface area contributed by atoms with Gasteiger partial charge in [0.05, 0.1) is 33.9 Å². The summed E-state index contributed by atoms with van der Waals surface area (Å²) in [5, 5.41) is 18.4. The summed E-state index contributed by atoms with van der Waals surface area (Å²) in [6.07, 6.45) is -2.58. The molecule has 0 aliphatic heterocycles. The third kappa shape index (κ3) is 4.58. The Kier molecular flexibility index (Phi) is 5.50. The Morgan fingerprint density at radius 3 is 2.61 bits per heavy atom. The van der Waals surface area contributed by atoms with Gasteiger partial charge in [-0.2, -0.15) is 18.3 Å². The van der Waals surface area contributed by atoms with Gasteiger partial charge in [-0.15, -0.1) is 5.10 Å². The zero-order valence-electron chi connectivity index (χ0n) is 17.0. The van der Waals surface area contributed by atoms with Gasteiger partial charge >= 0.3 is 6.18 Å². The Morgan fingerprint density at radius 2 is 2.00 bits per heavy atom. The van der Waals surface area contributed by atoms with Crippen molar-refractivity contribution < 1.29 is 18.0 Å². The van der Waals surface area contributed by atoms with E-state index in [0.29, 0.717) is 16.5 Å². The summed E-state index contributed by atoms with van der Waals surface area (Å²) in [7, 11) is 0. The fourth-order valence-electron chi connectivity index (χ4n) is 3.13. The average molecular weight is 451 g/mol. The number of rotatable bonds is 6. The quantitative estimate of drug-likeness (QED) is 0.571.